The van der Waals surface area contributed by atoms with Crippen molar-refractivity contribution in [2.75, 3.05) is 0 Å². The SMILES string of the molecule is CCC(CC)([O][Al-]([O]C(CC)(CC)C(C)C)[O]C(CC)(CC)C(C)C)C(C)C. The van der Waals surface area contributed by atoms with Crippen LogP contribution in [0.3, 0.4) is 0 Å². The molecule has 0 bridgehead atoms. The van der Waals surface area contributed by atoms with E-state index in [0.717, 1.165) is 38.5 Å². The highest BCUT2D eigenvalue weighted by Crippen LogP contribution is 2.38. The van der Waals surface area contributed by atoms with Crippen molar-refractivity contribution in [1.29, 1.82) is 0 Å². The average molecular weight is 415 g/mol. The lowest BCUT2D eigenvalue weighted by atomic mass is 9.85. The first-order chi connectivity index (χ1) is 13.0. The second-order valence-electron chi connectivity index (χ2n) is 9.42. The van der Waals surface area contributed by atoms with Crippen molar-refractivity contribution in [2.24, 2.45) is 17.8 Å². The van der Waals surface area contributed by atoms with Crippen molar-refractivity contribution in [1.82, 2.24) is 0 Å². The van der Waals surface area contributed by atoms with Gasteiger partial charge in [-0.25, -0.2) is 0 Å². The monoisotopic (exact) mass is 414 g/mol. The Labute approximate surface area is 182 Å². The van der Waals surface area contributed by atoms with Crippen LogP contribution in [0.1, 0.15) is 122 Å². The molecule has 1 radical (unpaired) electrons. The van der Waals surface area contributed by atoms with E-state index in [2.05, 4.69) is 83.1 Å². The van der Waals surface area contributed by atoms with Gasteiger partial charge in [-0.05, 0) is 56.3 Å². The molecule has 0 heterocycles. The van der Waals surface area contributed by atoms with E-state index >= 15 is 0 Å². The molecule has 0 aromatic carbocycles. The lowest BCUT2D eigenvalue weighted by Crippen LogP contribution is -2.54. The molecule has 3 nitrogen and oxygen atoms in total. The third kappa shape index (κ3) is 6.45. The van der Waals surface area contributed by atoms with Gasteiger partial charge in [0.15, 0.2) is 0 Å². The standard InChI is InChI=1S/3C8H17O.Al/c3*1-5-8(9,6-2)7(3)4;/h3*7H,5-6H2,1-4H3;/q3*-1;+2. The van der Waals surface area contributed by atoms with E-state index in [1.807, 2.05) is 0 Å². The summed E-state index contributed by atoms with van der Waals surface area (Å²) >= 11 is -2.38. The highest BCUT2D eigenvalue weighted by Gasteiger charge is 2.40. The molecule has 0 aromatic heterocycles. The molecule has 0 fully saturated rings. The van der Waals surface area contributed by atoms with Crippen LogP contribution in [0.15, 0.2) is 0 Å². The van der Waals surface area contributed by atoms with Crippen molar-refractivity contribution < 1.29 is 11.4 Å². The van der Waals surface area contributed by atoms with Crippen LogP contribution in [0, 0.1) is 17.8 Å². The van der Waals surface area contributed by atoms with Crippen molar-refractivity contribution in [3.05, 3.63) is 0 Å². The first kappa shape index (κ1) is 28.4. The lowest BCUT2D eigenvalue weighted by Gasteiger charge is -2.55. The summed E-state index contributed by atoms with van der Waals surface area (Å²) in [6, 6.07) is 0. The van der Waals surface area contributed by atoms with E-state index in [0.29, 0.717) is 17.8 Å². The molecular formula is C24H51AlO3-. The van der Waals surface area contributed by atoms with E-state index in [1.165, 1.54) is 0 Å². The predicted molar refractivity (Wildman–Crippen MR) is 123 cm³/mol. The first-order valence-corrected chi connectivity index (χ1v) is 13.4. The average Bonchev–Trinajstić information content (AvgIpc) is 2.67. The molecule has 0 saturated heterocycles. The molecule has 0 rings (SSSR count). The normalized spacial score (nSPS) is 14.1. The molecule has 0 aliphatic heterocycles. The maximum Gasteiger partial charge on any atom is 0.560 e. The topological polar surface area (TPSA) is 27.7 Å². The molecular weight excluding hydrogens is 363 g/mol. The van der Waals surface area contributed by atoms with Crippen molar-refractivity contribution in [2.45, 2.75) is 138 Å². The molecule has 28 heavy (non-hydrogen) atoms. The van der Waals surface area contributed by atoms with Gasteiger partial charge in [0.1, 0.15) is 0 Å². The quantitative estimate of drug-likeness (QED) is 0.257. The molecule has 0 atom stereocenters. The van der Waals surface area contributed by atoms with Crippen molar-refractivity contribution in [3.63, 3.8) is 0 Å². The third-order valence-electron chi connectivity index (χ3n) is 7.74. The maximum absolute atomic E-state index is 6.91. The van der Waals surface area contributed by atoms with E-state index < -0.39 is 15.1 Å². The summed E-state index contributed by atoms with van der Waals surface area (Å²) in [5.74, 6) is 1.29. The highest BCUT2D eigenvalue weighted by molar-refractivity contribution is 6.37. The fourth-order valence-corrected chi connectivity index (χ4v) is 7.87. The van der Waals surface area contributed by atoms with Crippen LogP contribution in [0.5, 0.6) is 0 Å². The zero-order chi connectivity index (χ0) is 22.2. The van der Waals surface area contributed by atoms with Crippen molar-refractivity contribution >= 4 is 15.1 Å². The van der Waals surface area contributed by atoms with Gasteiger partial charge in [0.25, 0.3) is 0 Å². The van der Waals surface area contributed by atoms with Gasteiger partial charge in [-0.2, -0.15) is 0 Å². The van der Waals surface area contributed by atoms with Gasteiger partial charge in [0.2, 0.25) is 0 Å². The molecule has 0 spiro atoms. The molecule has 0 aromatic rings. The number of rotatable bonds is 15. The smallest absolute Gasteiger partial charge is 0.560 e. The van der Waals surface area contributed by atoms with Gasteiger partial charge in [0.05, 0.1) is 0 Å². The summed E-state index contributed by atoms with van der Waals surface area (Å²) < 4.78 is 20.7. The second kappa shape index (κ2) is 12.3. The molecule has 0 saturated carbocycles. The van der Waals surface area contributed by atoms with Gasteiger partial charge in [0, 0.05) is 16.8 Å². The van der Waals surface area contributed by atoms with E-state index in [-0.39, 0.29) is 16.8 Å². The largest absolute Gasteiger partial charge is 0.629 e. The van der Waals surface area contributed by atoms with E-state index in [9.17, 15) is 0 Å². The molecule has 169 valence electrons. The Bertz CT molecular complexity index is 346. The Morgan fingerprint density at radius 3 is 0.750 bits per heavy atom. The first-order valence-electron chi connectivity index (χ1n) is 12.0. The summed E-state index contributed by atoms with van der Waals surface area (Å²) in [5, 5.41) is 0. The third-order valence-corrected chi connectivity index (χ3v) is 9.73. The summed E-state index contributed by atoms with van der Waals surface area (Å²) in [6.07, 6.45) is 5.90. The zero-order valence-electron chi connectivity index (χ0n) is 21.3. The molecule has 0 amide bonds. The Balaban J connectivity index is 6.09. The molecule has 0 aliphatic carbocycles. The maximum atomic E-state index is 6.91. The minimum atomic E-state index is -2.38. The van der Waals surface area contributed by atoms with Crippen LogP contribution in [0.2, 0.25) is 0 Å². The molecule has 0 aliphatic rings. The molecule has 0 N–H and O–H groups in total. The van der Waals surface area contributed by atoms with Gasteiger partial charge >= 0.3 is 15.1 Å². The predicted octanol–water partition coefficient (Wildman–Crippen LogP) is 7.67. The van der Waals surface area contributed by atoms with Crippen LogP contribution in [-0.4, -0.2) is 32.0 Å². The number of hydrogen-bond donors (Lipinski definition) is 0. The van der Waals surface area contributed by atoms with Gasteiger partial charge < -0.3 is 11.4 Å². The lowest BCUT2D eigenvalue weighted by molar-refractivity contribution is -0.128. The fraction of sp³-hybridized carbons (Fsp3) is 1.00. The summed E-state index contributed by atoms with van der Waals surface area (Å²) in [6.45, 7) is 27.0. The second-order valence-corrected chi connectivity index (χ2v) is 10.7. The zero-order valence-corrected chi connectivity index (χ0v) is 22.4. The molecule has 0 unspecified atom stereocenters. The minimum Gasteiger partial charge on any atom is -0.629 e. The Kier molecular flexibility index (Phi) is 12.5. The Morgan fingerprint density at radius 2 is 0.643 bits per heavy atom. The summed E-state index contributed by atoms with van der Waals surface area (Å²) in [5.41, 5.74) is -0.526. The summed E-state index contributed by atoms with van der Waals surface area (Å²) in [4.78, 5) is 0. The van der Waals surface area contributed by atoms with Crippen LogP contribution < -0.4 is 0 Å². The Morgan fingerprint density at radius 1 is 0.464 bits per heavy atom. The fourth-order valence-electron chi connectivity index (χ4n) is 4.75. The minimum absolute atomic E-state index is 0.175. The number of hydrogen-bond acceptors (Lipinski definition) is 3. The Hall–Kier alpha value is 0.412. The van der Waals surface area contributed by atoms with E-state index in [4.69, 9.17) is 11.4 Å². The van der Waals surface area contributed by atoms with Gasteiger partial charge in [-0.15, -0.1) is 0 Å². The van der Waals surface area contributed by atoms with Gasteiger partial charge in [-0.3, -0.25) is 0 Å². The van der Waals surface area contributed by atoms with Crippen LogP contribution >= 0.6 is 0 Å². The van der Waals surface area contributed by atoms with Crippen LogP contribution in [0.25, 0.3) is 0 Å². The molecule has 4 heteroatoms. The summed E-state index contributed by atoms with van der Waals surface area (Å²) in [7, 11) is 0. The van der Waals surface area contributed by atoms with Gasteiger partial charge in [-0.1, -0.05) is 83.1 Å². The van der Waals surface area contributed by atoms with Crippen LogP contribution in [0.4, 0.5) is 0 Å². The van der Waals surface area contributed by atoms with Crippen molar-refractivity contribution in [3.8, 4) is 0 Å². The van der Waals surface area contributed by atoms with Crippen LogP contribution in [-0.2, 0) is 11.4 Å². The van der Waals surface area contributed by atoms with E-state index in [1.54, 1.807) is 0 Å². The highest BCUT2D eigenvalue weighted by atomic mass is 27.3.